The first-order valence-electron chi connectivity index (χ1n) is 6.93. The summed E-state index contributed by atoms with van der Waals surface area (Å²) < 4.78 is 29.8. The molecule has 0 aromatic carbocycles. The van der Waals surface area contributed by atoms with Crippen molar-refractivity contribution in [2.24, 2.45) is 0 Å². The monoisotopic (exact) mass is 310 g/mol. The average Bonchev–Trinajstić information content (AvgIpc) is 2.49. The second-order valence-corrected chi connectivity index (χ2v) is 3.85. The Morgan fingerprint density at radius 1 is 0.762 bits per heavy atom. The third-order valence-corrected chi connectivity index (χ3v) is 2.14. The fourth-order valence-corrected chi connectivity index (χ4v) is 1.17. The Labute approximate surface area is 125 Å². The van der Waals surface area contributed by atoms with E-state index >= 15 is 0 Å². The van der Waals surface area contributed by atoms with Crippen LogP contribution in [0.5, 0.6) is 0 Å². The number of methoxy groups -OCH3 is 1. The molecule has 0 fully saturated rings. The van der Waals surface area contributed by atoms with Crippen LogP contribution in [0.15, 0.2) is 0 Å². The van der Waals surface area contributed by atoms with E-state index in [1.807, 2.05) is 0 Å². The molecule has 8 heteroatoms. The van der Waals surface area contributed by atoms with E-state index in [0.717, 1.165) is 0 Å². The summed E-state index contributed by atoms with van der Waals surface area (Å²) in [5.74, 6) is 0. The molecule has 0 spiro atoms. The molecule has 0 radical (unpaired) electrons. The minimum atomic E-state index is -0.716. The van der Waals surface area contributed by atoms with E-state index in [2.05, 4.69) is 0 Å². The van der Waals surface area contributed by atoms with Crippen LogP contribution < -0.4 is 0 Å². The van der Waals surface area contributed by atoms with E-state index in [1.54, 1.807) is 7.11 Å². The van der Waals surface area contributed by atoms with Gasteiger partial charge in [-0.05, 0) is 0 Å². The number of carbonyl (C=O) groups is 1. The van der Waals surface area contributed by atoms with Gasteiger partial charge >= 0.3 is 6.16 Å². The van der Waals surface area contributed by atoms with Crippen LogP contribution in [0.4, 0.5) is 4.79 Å². The van der Waals surface area contributed by atoms with Crippen LogP contribution in [-0.4, -0.2) is 84.4 Å². The Bertz CT molecular complexity index is 224. The van der Waals surface area contributed by atoms with Gasteiger partial charge in [-0.25, -0.2) is 4.79 Å². The molecule has 0 aromatic rings. The van der Waals surface area contributed by atoms with Crippen LogP contribution in [0, 0.1) is 0 Å². The van der Waals surface area contributed by atoms with Gasteiger partial charge in [-0.15, -0.1) is 0 Å². The van der Waals surface area contributed by atoms with Gasteiger partial charge in [-0.2, -0.15) is 0 Å². The van der Waals surface area contributed by atoms with Crippen LogP contribution >= 0.6 is 0 Å². The molecule has 0 unspecified atom stereocenters. The van der Waals surface area contributed by atoms with E-state index in [9.17, 15) is 4.79 Å². The van der Waals surface area contributed by atoms with Gasteiger partial charge in [0.15, 0.2) is 0 Å². The molecule has 21 heavy (non-hydrogen) atoms. The van der Waals surface area contributed by atoms with Crippen molar-refractivity contribution in [3.8, 4) is 0 Å². The largest absolute Gasteiger partial charge is 0.508 e. The van der Waals surface area contributed by atoms with Crippen molar-refractivity contribution < 1.29 is 38.3 Å². The van der Waals surface area contributed by atoms with Gasteiger partial charge in [0, 0.05) is 20.1 Å². The van der Waals surface area contributed by atoms with Gasteiger partial charge in [0.2, 0.25) is 0 Å². The molecule has 0 saturated carbocycles. The highest BCUT2D eigenvalue weighted by Crippen LogP contribution is 1.90. The summed E-state index contributed by atoms with van der Waals surface area (Å²) in [6.45, 7) is 3.31. The van der Waals surface area contributed by atoms with Crippen LogP contribution in [0.1, 0.15) is 6.42 Å². The number of hydrogen-bond donors (Lipinski definition) is 1. The zero-order valence-electron chi connectivity index (χ0n) is 12.6. The minimum absolute atomic E-state index is 0.00757. The van der Waals surface area contributed by atoms with Gasteiger partial charge in [0.25, 0.3) is 0 Å². The maximum atomic E-state index is 11.1. The minimum Gasteiger partial charge on any atom is -0.434 e. The van der Waals surface area contributed by atoms with Crippen molar-refractivity contribution in [2.75, 3.05) is 73.2 Å². The SMILES string of the molecule is COCCOCCCOC(=O)OCCOCCOCCO. The van der Waals surface area contributed by atoms with Crippen molar-refractivity contribution in [3.63, 3.8) is 0 Å². The summed E-state index contributed by atoms with van der Waals surface area (Å²) in [5, 5.41) is 8.46. The zero-order valence-corrected chi connectivity index (χ0v) is 12.6. The van der Waals surface area contributed by atoms with Crippen molar-refractivity contribution in [1.82, 2.24) is 0 Å². The summed E-state index contributed by atoms with van der Waals surface area (Å²) in [5.41, 5.74) is 0. The second-order valence-electron chi connectivity index (χ2n) is 3.85. The number of carbonyl (C=O) groups excluding carboxylic acids is 1. The predicted molar refractivity (Wildman–Crippen MR) is 73.3 cm³/mol. The Balaban J connectivity index is 3.13. The Morgan fingerprint density at radius 2 is 1.33 bits per heavy atom. The molecule has 0 aromatic heterocycles. The number of aliphatic hydroxyl groups excluding tert-OH is 1. The fraction of sp³-hybridized carbons (Fsp3) is 0.923. The lowest BCUT2D eigenvalue weighted by molar-refractivity contribution is 0.00164. The van der Waals surface area contributed by atoms with Gasteiger partial charge in [0.05, 0.1) is 52.9 Å². The third kappa shape index (κ3) is 17.0. The zero-order chi connectivity index (χ0) is 15.6. The van der Waals surface area contributed by atoms with E-state index in [0.29, 0.717) is 46.1 Å². The lowest BCUT2D eigenvalue weighted by Gasteiger charge is -2.07. The van der Waals surface area contributed by atoms with Crippen molar-refractivity contribution in [3.05, 3.63) is 0 Å². The highest BCUT2D eigenvalue weighted by atomic mass is 16.7. The quantitative estimate of drug-likeness (QED) is 0.339. The summed E-state index contributed by atoms with van der Waals surface area (Å²) in [4.78, 5) is 11.1. The predicted octanol–water partition coefficient (Wildman–Crippen LogP) is 0.218. The average molecular weight is 310 g/mol. The van der Waals surface area contributed by atoms with E-state index in [4.69, 9.17) is 33.5 Å². The highest BCUT2D eigenvalue weighted by Gasteiger charge is 2.03. The summed E-state index contributed by atoms with van der Waals surface area (Å²) in [6.07, 6.45) is -0.107. The summed E-state index contributed by atoms with van der Waals surface area (Å²) >= 11 is 0. The van der Waals surface area contributed by atoms with Crippen LogP contribution in [0.3, 0.4) is 0 Å². The first-order valence-corrected chi connectivity index (χ1v) is 6.93. The topological polar surface area (TPSA) is 92.7 Å². The van der Waals surface area contributed by atoms with Gasteiger partial charge in [-0.1, -0.05) is 0 Å². The molecule has 0 bridgehead atoms. The normalized spacial score (nSPS) is 10.6. The van der Waals surface area contributed by atoms with E-state index in [1.165, 1.54) is 0 Å². The molecule has 0 heterocycles. The van der Waals surface area contributed by atoms with Crippen LogP contribution in [-0.2, 0) is 28.4 Å². The smallest absolute Gasteiger partial charge is 0.434 e. The molecule has 8 nitrogen and oxygen atoms in total. The molecular weight excluding hydrogens is 284 g/mol. The van der Waals surface area contributed by atoms with Crippen molar-refractivity contribution in [1.29, 1.82) is 0 Å². The molecular formula is C13H26O8. The lowest BCUT2D eigenvalue weighted by Crippen LogP contribution is -2.15. The molecule has 0 saturated heterocycles. The Kier molecular flexibility index (Phi) is 16.4. The lowest BCUT2D eigenvalue weighted by atomic mass is 10.5. The van der Waals surface area contributed by atoms with Gasteiger partial charge < -0.3 is 33.5 Å². The number of aliphatic hydroxyl groups is 1. The van der Waals surface area contributed by atoms with E-state index < -0.39 is 6.16 Å². The number of rotatable bonds is 15. The first-order chi connectivity index (χ1) is 10.3. The van der Waals surface area contributed by atoms with Crippen molar-refractivity contribution >= 4 is 6.16 Å². The molecule has 0 amide bonds. The van der Waals surface area contributed by atoms with Gasteiger partial charge in [0.1, 0.15) is 6.61 Å². The standard InChI is InChI=1S/C13H26O8/c1-16-7-8-17-4-2-5-20-13(15)21-12-11-19-10-9-18-6-3-14/h14H,2-12H2,1H3. The molecule has 0 rings (SSSR count). The third-order valence-electron chi connectivity index (χ3n) is 2.14. The van der Waals surface area contributed by atoms with E-state index in [-0.39, 0.29) is 26.4 Å². The Morgan fingerprint density at radius 3 is 2.05 bits per heavy atom. The molecule has 0 aliphatic heterocycles. The van der Waals surface area contributed by atoms with Crippen LogP contribution in [0.25, 0.3) is 0 Å². The Hall–Kier alpha value is -0.930. The fourth-order valence-electron chi connectivity index (χ4n) is 1.17. The second kappa shape index (κ2) is 17.1. The van der Waals surface area contributed by atoms with Crippen molar-refractivity contribution in [2.45, 2.75) is 6.42 Å². The first kappa shape index (κ1) is 20.1. The molecule has 0 aliphatic carbocycles. The molecule has 1 N–H and O–H groups in total. The molecule has 126 valence electrons. The summed E-state index contributed by atoms with van der Waals surface area (Å²) in [6, 6.07) is 0. The van der Waals surface area contributed by atoms with Gasteiger partial charge in [-0.3, -0.25) is 0 Å². The molecule has 0 atom stereocenters. The maximum Gasteiger partial charge on any atom is 0.508 e. The maximum absolute atomic E-state index is 11.1. The number of ether oxygens (including phenoxy) is 6. The number of hydrogen-bond acceptors (Lipinski definition) is 8. The van der Waals surface area contributed by atoms with Crippen LogP contribution in [0.2, 0.25) is 0 Å². The highest BCUT2D eigenvalue weighted by molar-refractivity contribution is 5.59. The summed E-state index contributed by atoms with van der Waals surface area (Å²) in [7, 11) is 1.61. The molecule has 0 aliphatic rings.